The molecule has 2 aliphatic heterocycles. The summed E-state index contributed by atoms with van der Waals surface area (Å²) in [5.41, 5.74) is 0.711. The molecule has 0 radical (unpaired) electrons. The van der Waals surface area contributed by atoms with Crippen molar-refractivity contribution in [1.82, 2.24) is 10.3 Å². The van der Waals surface area contributed by atoms with Gasteiger partial charge in [0.25, 0.3) is 5.91 Å². The molecular weight excluding hydrogens is 520 g/mol. The van der Waals surface area contributed by atoms with E-state index in [1.54, 1.807) is 49.5 Å². The number of ether oxygens (including phenoxy) is 3. The zero-order chi connectivity index (χ0) is 26.8. The number of nitrogens with one attached hydrogen (secondary N) is 2. The molecule has 1 amide bonds. The number of anilines is 1. The third kappa shape index (κ3) is 5.52. The van der Waals surface area contributed by atoms with Crippen LogP contribution in [0.5, 0.6) is 11.5 Å². The van der Waals surface area contributed by atoms with Gasteiger partial charge in [0.15, 0.2) is 5.17 Å². The number of thiazole rings is 1. The molecule has 10 heteroatoms. The van der Waals surface area contributed by atoms with Crippen molar-refractivity contribution in [1.29, 1.82) is 0 Å². The van der Waals surface area contributed by atoms with Gasteiger partial charge in [0, 0.05) is 40.8 Å². The zero-order valence-electron chi connectivity index (χ0n) is 21.9. The fourth-order valence-electron chi connectivity index (χ4n) is 4.80. The number of nitrogens with zero attached hydrogens (tertiary/aromatic N) is 2. The van der Waals surface area contributed by atoms with Crippen LogP contribution in [0.15, 0.2) is 58.9 Å². The molecule has 3 aromatic rings. The predicted molar refractivity (Wildman–Crippen MR) is 153 cm³/mol. The quantitative estimate of drug-likeness (QED) is 0.410. The van der Waals surface area contributed by atoms with Gasteiger partial charge >= 0.3 is 0 Å². The van der Waals surface area contributed by atoms with Crippen LogP contribution in [0.4, 0.5) is 5.82 Å². The predicted octanol–water partition coefficient (Wildman–Crippen LogP) is 5.32. The van der Waals surface area contributed by atoms with Crippen molar-refractivity contribution in [2.24, 2.45) is 10.9 Å². The Labute approximate surface area is 231 Å². The van der Waals surface area contributed by atoms with E-state index in [4.69, 9.17) is 24.2 Å². The topological polar surface area (TPSA) is 94.1 Å². The van der Waals surface area contributed by atoms with Crippen LogP contribution in [-0.2, 0) is 16.8 Å². The fourth-order valence-corrected chi connectivity index (χ4v) is 6.93. The van der Waals surface area contributed by atoms with Gasteiger partial charge in [-0.05, 0) is 44.5 Å². The lowest BCUT2D eigenvalue weighted by molar-refractivity contribution is -0.109. The summed E-state index contributed by atoms with van der Waals surface area (Å²) in [6.07, 6.45) is 0.856. The average Bonchev–Trinajstić information content (AvgIpc) is 3.42. The Bertz CT molecular complexity index is 1330. The monoisotopic (exact) mass is 552 g/mol. The van der Waals surface area contributed by atoms with Crippen molar-refractivity contribution < 1.29 is 19.0 Å². The first-order valence-corrected chi connectivity index (χ1v) is 14.3. The van der Waals surface area contributed by atoms with Gasteiger partial charge in [0.1, 0.15) is 27.9 Å². The van der Waals surface area contributed by atoms with Gasteiger partial charge in [0.05, 0.1) is 26.4 Å². The van der Waals surface area contributed by atoms with E-state index in [2.05, 4.69) is 24.5 Å². The summed E-state index contributed by atoms with van der Waals surface area (Å²) in [6, 6.07) is 15.0. The number of amides is 1. The molecule has 2 unspecified atom stereocenters. The number of hydrogen-bond donors (Lipinski definition) is 2. The number of benzene rings is 2. The molecule has 0 aliphatic carbocycles. The maximum atomic E-state index is 12.9. The van der Waals surface area contributed by atoms with Crippen LogP contribution in [0.25, 0.3) is 0 Å². The number of rotatable bonds is 7. The molecular formula is C28H32N4O4S2. The minimum Gasteiger partial charge on any atom is -0.497 e. The molecule has 5 rings (SSSR count). The molecule has 2 aliphatic rings. The molecule has 2 atom stereocenters. The number of thioether (sulfide) groups is 1. The standard InChI is InChI=1S/C28H32N4O4S2/c1-27(2)13-20-15-38-26(31-24(33)18-8-6-5-7-9-18)32-28(20,17-36-27)25-30-23(16-37-25)29-14-19-10-11-21(34-3)12-22(19)35-4/h5-12,16,20,29H,13-15,17H2,1-4H3,(H,31,32,33). The average molecular weight is 553 g/mol. The SMILES string of the molecule is COc1ccc(CNc2csc(C34COC(C)(C)CC3CSC(NC(=O)c3ccccc3)=N4)n2)c(OC)c1. The maximum Gasteiger partial charge on any atom is 0.257 e. The molecule has 38 heavy (non-hydrogen) atoms. The first-order chi connectivity index (χ1) is 18.3. The van der Waals surface area contributed by atoms with Gasteiger partial charge in [0.2, 0.25) is 0 Å². The summed E-state index contributed by atoms with van der Waals surface area (Å²) in [7, 11) is 3.29. The molecule has 2 aromatic carbocycles. The third-order valence-corrected chi connectivity index (χ3v) is 8.95. The zero-order valence-corrected chi connectivity index (χ0v) is 23.6. The fraction of sp³-hybridized carbons (Fsp3) is 0.393. The van der Waals surface area contributed by atoms with E-state index in [1.165, 1.54) is 0 Å². The first kappa shape index (κ1) is 26.5. The maximum absolute atomic E-state index is 12.9. The van der Waals surface area contributed by atoms with E-state index in [1.807, 2.05) is 41.8 Å². The molecule has 0 saturated carbocycles. The summed E-state index contributed by atoms with van der Waals surface area (Å²) < 4.78 is 17.1. The van der Waals surface area contributed by atoms with Crippen LogP contribution in [0.2, 0.25) is 0 Å². The van der Waals surface area contributed by atoms with Crippen LogP contribution >= 0.6 is 23.1 Å². The molecule has 1 aromatic heterocycles. The van der Waals surface area contributed by atoms with E-state index in [0.717, 1.165) is 40.1 Å². The Hall–Kier alpha value is -3.08. The van der Waals surface area contributed by atoms with Crippen molar-refractivity contribution in [2.45, 2.75) is 38.0 Å². The van der Waals surface area contributed by atoms with Gasteiger partial charge in [-0.25, -0.2) is 9.98 Å². The Balaban J connectivity index is 1.39. The molecule has 8 nitrogen and oxygen atoms in total. The summed E-state index contributed by atoms with van der Waals surface area (Å²) in [5.74, 6) is 3.15. The van der Waals surface area contributed by atoms with Crippen LogP contribution in [0, 0.1) is 5.92 Å². The molecule has 2 N–H and O–H groups in total. The molecule has 0 bridgehead atoms. The minimum absolute atomic E-state index is 0.169. The van der Waals surface area contributed by atoms with Crippen molar-refractivity contribution in [2.75, 3.05) is 31.9 Å². The summed E-state index contributed by atoms with van der Waals surface area (Å²) in [5, 5.41) is 9.93. The smallest absolute Gasteiger partial charge is 0.257 e. The van der Waals surface area contributed by atoms with Crippen molar-refractivity contribution >= 4 is 40.0 Å². The van der Waals surface area contributed by atoms with Crippen LogP contribution < -0.4 is 20.1 Å². The largest absolute Gasteiger partial charge is 0.497 e. The molecule has 3 heterocycles. The van der Waals surface area contributed by atoms with Gasteiger partial charge in [-0.15, -0.1) is 11.3 Å². The highest BCUT2D eigenvalue weighted by Crippen LogP contribution is 2.49. The van der Waals surface area contributed by atoms with E-state index >= 15 is 0 Å². The number of carbonyl (C=O) groups excluding carboxylic acids is 1. The molecule has 0 spiro atoms. The highest BCUT2D eigenvalue weighted by molar-refractivity contribution is 8.13. The lowest BCUT2D eigenvalue weighted by Crippen LogP contribution is -2.53. The number of aliphatic imine (C=N–C) groups is 1. The molecule has 1 saturated heterocycles. The van der Waals surface area contributed by atoms with Gasteiger partial charge in [-0.3, -0.25) is 4.79 Å². The number of amidine groups is 1. The second-order valence-electron chi connectivity index (χ2n) is 9.99. The van der Waals surface area contributed by atoms with E-state index in [-0.39, 0.29) is 17.4 Å². The normalized spacial score (nSPS) is 22.1. The van der Waals surface area contributed by atoms with Crippen LogP contribution in [0.1, 0.15) is 41.2 Å². The van der Waals surface area contributed by atoms with Gasteiger partial charge in [-0.1, -0.05) is 30.0 Å². The molecule has 1 fully saturated rings. The summed E-state index contributed by atoms with van der Waals surface area (Å²) >= 11 is 3.15. The van der Waals surface area contributed by atoms with Gasteiger partial charge in [-0.2, -0.15) is 0 Å². The van der Waals surface area contributed by atoms with Crippen LogP contribution in [-0.4, -0.2) is 48.2 Å². The number of carbonyl (C=O) groups is 1. The summed E-state index contributed by atoms with van der Waals surface area (Å²) in [6.45, 7) is 5.20. The van der Waals surface area contributed by atoms with E-state index in [9.17, 15) is 4.79 Å². The highest BCUT2D eigenvalue weighted by atomic mass is 32.2. The second-order valence-corrected chi connectivity index (χ2v) is 11.9. The van der Waals surface area contributed by atoms with Crippen molar-refractivity contribution in [3.63, 3.8) is 0 Å². The molecule has 200 valence electrons. The minimum atomic E-state index is -0.650. The van der Waals surface area contributed by atoms with E-state index < -0.39 is 5.54 Å². The third-order valence-electron chi connectivity index (χ3n) is 6.90. The second kappa shape index (κ2) is 11.0. The Morgan fingerprint density at radius 1 is 1.16 bits per heavy atom. The number of aromatic nitrogens is 1. The lowest BCUT2D eigenvalue weighted by atomic mass is 9.77. The number of methoxy groups -OCH3 is 2. The van der Waals surface area contributed by atoms with Crippen molar-refractivity contribution in [3.8, 4) is 11.5 Å². The first-order valence-electron chi connectivity index (χ1n) is 12.5. The highest BCUT2D eigenvalue weighted by Gasteiger charge is 2.52. The number of hydrogen-bond acceptors (Lipinski definition) is 9. The van der Waals surface area contributed by atoms with Crippen molar-refractivity contribution in [3.05, 3.63) is 70.0 Å². The lowest BCUT2D eigenvalue weighted by Gasteiger charge is -2.48. The summed E-state index contributed by atoms with van der Waals surface area (Å²) in [4.78, 5) is 22.9. The van der Waals surface area contributed by atoms with E-state index in [0.29, 0.717) is 23.9 Å². The Morgan fingerprint density at radius 2 is 1.97 bits per heavy atom. The Kier molecular flexibility index (Phi) is 7.65. The number of fused-ring (bicyclic) bond motifs is 1. The Morgan fingerprint density at radius 3 is 2.74 bits per heavy atom. The van der Waals surface area contributed by atoms with Crippen LogP contribution in [0.3, 0.4) is 0 Å². The van der Waals surface area contributed by atoms with Gasteiger partial charge < -0.3 is 24.8 Å².